The molecule has 1 heterocycles. The van der Waals surface area contributed by atoms with Crippen LogP contribution in [0.15, 0.2) is 18.3 Å². The third-order valence-corrected chi connectivity index (χ3v) is 2.29. The van der Waals surface area contributed by atoms with Crippen molar-refractivity contribution in [2.45, 2.75) is 13.5 Å². The molecule has 0 radical (unpaired) electrons. The molecular formula is C11H19N3O. The van der Waals surface area contributed by atoms with E-state index in [-0.39, 0.29) is 6.61 Å². The van der Waals surface area contributed by atoms with Crippen LogP contribution in [-0.2, 0) is 6.54 Å². The summed E-state index contributed by atoms with van der Waals surface area (Å²) in [6, 6.07) is 3.99. The first-order valence-electron chi connectivity index (χ1n) is 5.27. The molecule has 0 saturated heterocycles. The first-order chi connectivity index (χ1) is 7.33. The molecule has 0 aromatic carbocycles. The number of aliphatic hydroxyl groups is 1. The first-order valence-corrected chi connectivity index (χ1v) is 5.27. The normalized spacial score (nSPS) is 10.3. The molecule has 1 rings (SSSR count). The maximum absolute atomic E-state index is 8.96. The molecule has 0 bridgehead atoms. The van der Waals surface area contributed by atoms with Crippen LogP contribution in [0.25, 0.3) is 0 Å². The Morgan fingerprint density at radius 3 is 2.93 bits per heavy atom. The second-order valence-corrected chi connectivity index (χ2v) is 3.32. The van der Waals surface area contributed by atoms with E-state index in [0.29, 0.717) is 6.54 Å². The number of nitrogens with one attached hydrogen (secondary N) is 1. The zero-order valence-corrected chi connectivity index (χ0v) is 9.40. The smallest absolute Gasteiger partial charge is 0.133 e. The SMILES string of the molecule is CCN(CCO)c1ncccc1CNC. The molecule has 0 aliphatic carbocycles. The van der Waals surface area contributed by atoms with E-state index in [1.54, 1.807) is 6.20 Å². The lowest BCUT2D eigenvalue weighted by molar-refractivity contribution is 0.302. The van der Waals surface area contributed by atoms with E-state index in [1.165, 1.54) is 0 Å². The molecule has 0 saturated carbocycles. The van der Waals surface area contributed by atoms with E-state index in [0.717, 1.165) is 24.5 Å². The topological polar surface area (TPSA) is 48.4 Å². The fourth-order valence-electron chi connectivity index (χ4n) is 1.58. The fourth-order valence-corrected chi connectivity index (χ4v) is 1.58. The van der Waals surface area contributed by atoms with Crippen molar-refractivity contribution in [3.05, 3.63) is 23.9 Å². The number of aromatic nitrogens is 1. The molecule has 1 aromatic rings. The number of hydrogen-bond acceptors (Lipinski definition) is 4. The zero-order chi connectivity index (χ0) is 11.1. The van der Waals surface area contributed by atoms with Crippen molar-refractivity contribution in [2.24, 2.45) is 0 Å². The minimum absolute atomic E-state index is 0.156. The summed E-state index contributed by atoms with van der Waals surface area (Å²) in [7, 11) is 1.92. The molecule has 1 aromatic heterocycles. The Hall–Kier alpha value is -1.13. The highest BCUT2D eigenvalue weighted by atomic mass is 16.3. The van der Waals surface area contributed by atoms with Gasteiger partial charge in [0.1, 0.15) is 5.82 Å². The molecule has 0 aliphatic rings. The maximum atomic E-state index is 8.96. The van der Waals surface area contributed by atoms with Crippen LogP contribution in [0.2, 0.25) is 0 Å². The van der Waals surface area contributed by atoms with Crippen molar-refractivity contribution in [1.29, 1.82) is 0 Å². The number of rotatable bonds is 6. The van der Waals surface area contributed by atoms with Crippen molar-refractivity contribution in [3.8, 4) is 0 Å². The van der Waals surface area contributed by atoms with Gasteiger partial charge in [-0.25, -0.2) is 4.98 Å². The average molecular weight is 209 g/mol. The minimum atomic E-state index is 0.156. The monoisotopic (exact) mass is 209 g/mol. The number of aliphatic hydroxyl groups excluding tert-OH is 1. The van der Waals surface area contributed by atoms with Crippen LogP contribution in [-0.4, -0.2) is 36.8 Å². The Bertz CT molecular complexity index is 291. The zero-order valence-electron chi connectivity index (χ0n) is 9.40. The molecule has 4 nitrogen and oxygen atoms in total. The average Bonchev–Trinajstić information content (AvgIpc) is 2.27. The van der Waals surface area contributed by atoms with E-state index in [9.17, 15) is 0 Å². The van der Waals surface area contributed by atoms with E-state index in [2.05, 4.69) is 28.2 Å². The second-order valence-electron chi connectivity index (χ2n) is 3.32. The number of likely N-dealkylation sites (N-methyl/N-ethyl adjacent to an activating group) is 1. The fraction of sp³-hybridized carbons (Fsp3) is 0.545. The summed E-state index contributed by atoms with van der Waals surface area (Å²) < 4.78 is 0. The van der Waals surface area contributed by atoms with E-state index < -0.39 is 0 Å². The van der Waals surface area contributed by atoms with Crippen LogP contribution < -0.4 is 10.2 Å². The molecular weight excluding hydrogens is 190 g/mol. The van der Waals surface area contributed by atoms with Crippen LogP contribution in [0.5, 0.6) is 0 Å². The van der Waals surface area contributed by atoms with Gasteiger partial charge in [0.05, 0.1) is 6.61 Å². The van der Waals surface area contributed by atoms with Gasteiger partial charge in [0.2, 0.25) is 0 Å². The molecule has 0 amide bonds. The predicted molar refractivity (Wildman–Crippen MR) is 62.0 cm³/mol. The molecule has 0 atom stereocenters. The summed E-state index contributed by atoms with van der Waals surface area (Å²) >= 11 is 0. The maximum Gasteiger partial charge on any atom is 0.133 e. The number of anilines is 1. The van der Waals surface area contributed by atoms with Gasteiger partial charge in [0, 0.05) is 31.4 Å². The number of nitrogens with zero attached hydrogens (tertiary/aromatic N) is 2. The molecule has 0 spiro atoms. The summed E-state index contributed by atoms with van der Waals surface area (Å²) in [5.41, 5.74) is 1.16. The third kappa shape index (κ3) is 3.18. The van der Waals surface area contributed by atoms with Crippen molar-refractivity contribution in [3.63, 3.8) is 0 Å². The Balaban J connectivity index is 2.88. The lowest BCUT2D eigenvalue weighted by atomic mass is 10.2. The van der Waals surface area contributed by atoms with Gasteiger partial charge in [-0.05, 0) is 20.0 Å². The van der Waals surface area contributed by atoms with Gasteiger partial charge >= 0.3 is 0 Å². The van der Waals surface area contributed by atoms with Crippen LogP contribution in [0, 0.1) is 0 Å². The van der Waals surface area contributed by atoms with Crippen molar-refractivity contribution < 1.29 is 5.11 Å². The highest BCUT2D eigenvalue weighted by molar-refractivity contribution is 5.46. The molecule has 2 N–H and O–H groups in total. The largest absolute Gasteiger partial charge is 0.395 e. The third-order valence-electron chi connectivity index (χ3n) is 2.29. The standard InChI is InChI=1S/C11H19N3O/c1-3-14(7-8-15)11-10(9-12-2)5-4-6-13-11/h4-6,12,15H,3,7-9H2,1-2H3. The summed E-state index contributed by atoms with van der Waals surface area (Å²) in [5, 5.41) is 12.1. The lowest BCUT2D eigenvalue weighted by Gasteiger charge is -2.23. The highest BCUT2D eigenvalue weighted by Gasteiger charge is 2.09. The Kier molecular flexibility index (Phi) is 5.07. The summed E-state index contributed by atoms with van der Waals surface area (Å²) in [5.74, 6) is 0.961. The second kappa shape index (κ2) is 6.37. The molecule has 84 valence electrons. The first kappa shape index (κ1) is 11.9. The minimum Gasteiger partial charge on any atom is -0.395 e. The lowest BCUT2D eigenvalue weighted by Crippen LogP contribution is -2.28. The Morgan fingerprint density at radius 1 is 1.53 bits per heavy atom. The summed E-state index contributed by atoms with van der Waals surface area (Å²) in [4.78, 5) is 6.44. The Labute approximate surface area is 90.9 Å². The van der Waals surface area contributed by atoms with Crippen molar-refractivity contribution >= 4 is 5.82 Å². The molecule has 15 heavy (non-hydrogen) atoms. The molecule has 0 unspecified atom stereocenters. The van der Waals surface area contributed by atoms with Gasteiger partial charge in [0.15, 0.2) is 0 Å². The molecule has 4 heteroatoms. The van der Waals surface area contributed by atoms with Gasteiger partial charge in [-0.2, -0.15) is 0 Å². The van der Waals surface area contributed by atoms with Crippen LogP contribution in [0.3, 0.4) is 0 Å². The number of pyridine rings is 1. The van der Waals surface area contributed by atoms with Gasteiger partial charge < -0.3 is 15.3 Å². The predicted octanol–water partition coefficient (Wildman–Crippen LogP) is 0.620. The van der Waals surface area contributed by atoms with Crippen LogP contribution in [0.4, 0.5) is 5.82 Å². The van der Waals surface area contributed by atoms with Crippen LogP contribution in [0.1, 0.15) is 12.5 Å². The highest BCUT2D eigenvalue weighted by Crippen LogP contribution is 2.16. The van der Waals surface area contributed by atoms with E-state index in [4.69, 9.17) is 5.11 Å². The summed E-state index contributed by atoms with van der Waals surface area (Å²) in [6.07, 6.45) is 1.79. The van der Waals surface area contributed by atoms with Gasteiger partial charge in [-0.1, -0.05) is 6.07 Å². The van der Waals surface area contributed by atoms with Crippen LogP contribution >= 0.6 is 0 Å². The van der Waals surface area contributed by atoms with E-state index >= 15 is 0 Å². The van der Waals surface area contributed by atoms with Crippen molar-refractivity contribution in [1.82, 2.24) is 10.3 Å². The van der Waals surface area contributed by atoms with Gasteiger partial charge in [-0.3, -0.25) is 0 Å². The summed E-state index contributed by atoms with van der Waals surface area (Å²) in [6.45, 7) is 4.50. The number of hydrogen-bond donors (Lipinski definition) is 2. The Morgan fingerprint density at radius 2 is 2.33 bits per heavy atom. The van der Waals surface area contributed by atoms with Gasteiger partial charge in [0.25, 0.3) is 0 Å². The molecule has 0 aliphatic heterocycles. The van der Waals surface area contributed by atoms with E-state index in [1.807, 2.05) is 13.1 Å². The van der Waals surface area contributed by atoms with Crippen molar-refractivity contribution in [2.75, 3.05) is 31.6 Å². The van der Waals surface area contributed by atoms with Gasteiger partial charge in [-0.15, -0.1) is 0 Å². The molecule has 0 fully saturated rings. The quantitative estimate of drug-likeness (QED) is 0.721.